The lowest BCUT2D eigenvalue weighted by molar-refractivity contribution is 0.0685. The Morgan fingerprint density at radius 1 is 1.08 bits per heavy atom. The molecule has 0 atom stereocenters. The van der Waals surface area contributed by atoms with Crippen LogP contribution in [0.25, 0.3) is 0 Å². The number of sulfonamides is 1. The van der Waals surface area contributed by atoms with Gasteiger partial charge in [-0.15, -0.1) is 0 Å². The van der Waals surface area contributed by atoms with Crippen molar-refractivity contribution in [3.8, 4) is 0 Å². The molecule has 1 aromatic heterocycles. The predicted molar refractivity (Wildman–Crippen MR) is 104 cm³/mol. The van der Waals surface area contributed by atoms with Gasteiger partial charge in [-0.2, -0.15) is 4.31 Å². The molecule has 0 bridgehead atoms. The zero-order chi connectivity index (χ0) is 18.9. The summed E-state index contributed by atoms with van der Waals surface area (Å²) < 4.78 is 29.6. The molecule has 1 fully saturated rings. The molecule has 26 heavy (non-hydrogen) atoms. The van der Waals surface area contributed by atoms with Crippen molar-refractivity contribution in [3.63, 3.8) is 0 Å². The van der Waals surface area contributed by atoms with Crippen molar-refractivity contribution in [3.05, 3.63) is 52.8 Å². The predicted octanol–water partition coefficient (Wildman–Crippen LogP) is 2.98. The van der Waals surface area contributed by atoms with E-state index in [0.717, 1.165) is 4.47 Å². The van der Waals surface area contributed by atoms with Crippen LogP contribution in [0.1, 0.15) is 30.4 Å². The first-order valence-corrected chi connectivity index (χ1v) is 10.8. The van der Waals surface area contributed by atoms with Gasteiger partial charge in [0, 0.05) is 42.9 Å². The van der Waals surface area contributed by atoms with Gasteiger partial charge in [0.15, 0.2) is 0 Å². The van der Waals surface area contributed by atoms with Crippen LogP contribution in [0.5, 0.6) is 0 Å². The van der Waals surface area contributed by atoms with Crippen molar-refractivity contribution >= 4 is 31.9 Å². The summed E-state index contributed by atoms with van der Waals surface area (Å²) in [5, 5.41) is 0. The highest BCUT2D eigenvalue weighted by molar-refractivity contribution is 9.10. The SMILES string of the molecule is CC(C)n1cc(Br)cc1C(=O)N1CCN(S(=O)(=O)c2ccccc2)CC1. The Bertz CT molecular complexity index is 886. The van der Waals surface area contributed by atoms with Crippen LogP contribution in [-0.4, -0.2) is 54.3 Å². The molecule has 0 unspecified atom stereocenters. The number of rotatable bonds is 4. The summed E-state index contributed by atoms with van der Waals surface area (Å²) in [6.07, 6.45) is 1.90. The lowest BCUT2D eigenvalue weighted by Crippen LogP contribution is -2.50. The van der Waals surface area contributed by atoms with E-state index in [9.17, 15) is 13.2 Å². The van der Waals surface area contributed by atoms with E-state index < -0.39 is 10.0 Å². The van der Waals surface area contributed by atoms with E-state index in [1.807, 2.05) is 30.7 Å². The molecule has 1 aliphatic heterocycles. The topological polar surface area (TPSA) is 62.6 Å². The van der Waals surface area contributed by atoms with Crippen LogP contribution in [0.3, 0.4) is 0 Å². The van der Waals surface area contributed by atoms with Crippen molar-refractivity contribution in [2.75, 3.05) is 26.2 Å². The van der Waals surface area contributed by atoms with Gasteiger partial charge >= 0.3 is 0 Å². The second-order valence-corrected chi connectivity index (χ2v) is 9.41. The maximum absolute atomic E-state index is 12.9. The Hall–Kier alpha value is -1.64. The van der Waals surface area contributed by atoms with Gasteiger partial charge in [0.05, 0.1) is 4.90 Å². The lowest BCUT2D eigenvalue weighted by Gasteiger charge is -2.34. The van der Waals surface area contributed by atoms with E-state index in [1.54, 1.807) is 35.2 Å². The van der Waals surface area contributed by atoms with Gasteiger partial charge in [0.25, 0.3) is 5.91 Å². The van der Waals surface area contributed by atoms with Crippen LogP contribution in [0, 0.1) is 0 Å². The van der Waals surface area contributed by atoms with Crippen LogP contribution in [-0.2, 0) is 10.0 Å². The number of hydrogen-bond acceptors (Lipinski definition) is 3. The van der Waals surface area contributed by atoms with Gasteiger partial charge < -0.3 is 9.47 Å². The molecule has 1 amide bonds. The third kappa shape index (κ3) is 3.72. The minimum absolute atomic E-state index is 0.0684. The molecule has 0 saturated carbocycles. The summed E-state index contributed by atoms with van der Waals surface area (Å²) in [4.78, 5) is 14.9. The van der Waals surface area contributed by atoms with Crippen molar-refractivity contribution in [1.82, 2.24) is 13.8 Å². The molecule has 0 radical (unpaired) electrons. The molecule has 1 aliphatic rings. The average Bonchev–Trinajstić information content (AvgIpc) is 3.04. The second-order valence-electron chi connectivity index (χ2n) is 6.55. The smallest absolute Gasteiger partial charge is 0.270 e. The third-order valence-electron chi connectivity index (χ3n) is 4.50. The van der Waals surface area contributed by atoms with E-state index in [2.05, 4.69) is 15.9 Å². The first-order chi connectivity index (χ1) is 12.3. The minimum atomic E-state index is -3.51. The molecule has 3 rings (SSSR count). The van der Waals surface area contributed by atoms with Crippen LogP contribution in [0.2, 0.25) is 0 Å². The fourth-order valence-corrected chi connectivity index (χ4v) is 4.96. The van der Waals surface area contributed by atoms with Crippen LogP contribution in [0.4, 0.5) is 0 Å². The van der Waals surface area contributed by atoms with Crippen molar-refractivity contribution in [2.45, 2.75) is 24.8 Å². The molecule has 1 aromatic carbocycles. The zero-order valence-electron chi connectivity index (χ0n) is 14.8. The Kier molecular flexibility index (Phi) is 5.55. The van der Waals surface area contributed by atoms with Gasteiger partial charge in [0.2, 0.25) is 10.0 Å². The van der Waals surface area contributed by atoms with E-state index in [4.69, 9.17) is 0 Å². The standard InChI is InChI=1S/C18H22BrN3O3S/c1-14(2)22-13-15(19)12-17(22)18(23)20-8-10-21(11-9-20)26(24,25)16-6-4-3-5-7-16/h3-7,12-14H,8-11H2,1-2H3. The molecule has 1 saturated heterocycles. The number of halogens is 1. The third-order valence-corrected chi connectivity index (χ3v) is 6.84. The summed E-state index contributed by atoms with van der Waals surface area (Å²) in [7, 11) is -3.51. The number of amides is 1. The molecular weight excluding hydrogens is 418 g/mol. The highest BCUT2D eigenvalue weighted by Gasteiger charge is 2.31. The number of hydrogen-bond donors (Lipinski definition) is 0. The fourth-order valence-electron chi connectivity index (χ4n) is 3.08. The van der Waals surface area contributed by atoms with Crippen LogP contribution >= 0.6 is 15.9 Å². The Morgan fingerprint density at radius 3 is 2.27 bits per heavy atom. The summed E-state index contributed by atoms with van der Waals surface area (Å²) in [6.45, 7) is 5.40. The molecule has 0 N–H and O–H groups in total. The first-order valence-electron chi connectivity index (χ1n) is 8.52. The van der Waals surface area contributed by atoms with Crippen molar-refractivity contribution < 1.29 is 13.2 Å². The highest BCUT2D eigenvalue weighted by Crippen LogP contribution is 2.22. The zero-order valence-corrected chi connectivity index (χ0v) is 17.2. The number of aromatic nitrogens is 1. The van der Waals surface area contributed by atoms with Gasteiger partial charge in [0.1, 0.15) is 5.69 Å². The molecule has 2 heterocycles. The Balaban J connectivity index is 1.72. The normalized spacial score (nSPS) is 16.2. The number of piperazine rings is 1. The quantitative estimate of drug-likeness (QED) is 0.735. The summed E-state index contributed by atoms with van der Waals surface area (Å²) in [6, 6.07) is 10.4. The summed E-state index contributed by atoms with van der Waals surface area (Å²) in [5.41, 5.74) is 0.617. The number of nitrogens with zero attached hydrogens (tertiary/aromatic N) is 3. The van der Waals surface area contributed by atoms with Gasteiger partial charge in [-0.3, -0.25) is 4.79 Å². The number of benzene rings is 1. The van der Waals surface area contributed by atoms with Gasteiger partial charge in [-0.05, 0) is 48.0 Å². The van der Waals surface area contributed by atoms with Crippen LogP contribution in [0.15, 0.2) is 52.0 Å². The largest absolute Gasteiger partial charge is 0.340 e. The summed E-state index contributed by atoms with van der Waals surface area (Å²) in [5.74, 6) is -0.0684. The summed E-state index contributed by atoms with van der Waals surface area (Å²) >= 11 is 3.43. The van der Waals surface area contributed by atoms with Crippen LogP contribution < -0.4 is 0 Å². The number of carbonyl (C=O) groups is 1. The van der Waals surface area contributed by atoms with Crippen molar-refractivity contribution in [1.29, 1.82) is 0 Å². The molecule has 140 valence electrons. The van der Waals surface area contributed by atoms with Gasteiger partial charge in [-0.25, -0.2) is 8.42 Å². The Morgan fingerprint density at radius 2 is 1.69 bits per heavy atom. The fraction of sp³-hybridized carbons (Fsp3) is 0.389. The molecule has 2 aromatic rings. The first kappa shape index (κ1) is 19.1. The van der Waals surface area contributed by atoms with E-state index in [1.165, 1.54) is 4.31 Å². The maximum Gasteiger partial charge on any atom is 0.270 e. The lowest BCUT2D eigenvalue weighted by atomic mass is 10.3. The molecule has 6 nitrogen and oxygen atoms in total. The highest BCUT2D eigenvalue weighted by atomic mass is 79.9. The maximum atomic E-state index is 12.9. The van der Waals surface area contributed by atoms with Crippen molar-refractivity contribution in [2.24, 2.45) is 0 Å². The minimum Gasteiger partial charge on any atom is -0.340 e. The molecule has 0 spiro atoms. The molecule has 0 aliphatic carbocycles. The monoisotopic (exact) mass is 439 g/mol. The number of carbonyl (C=O) groups excluding carboxylic acids is 1. The van der Waals surface area contributed by atoms with E-state index in [-0.39, 0.29) is 16.8 Å². The van der Waals surface area contributed by atoms with E-state index in [0.29, 0.717) is 31.9 Å². The van der Waals surface area contributed by atoms with Gasteiger partial charge in [-0.1, -0.05) is 18.2 Å². The average molecular weight is 440 g/mol. The molecule has 8 heteroatoms. The van der Waals surface area contributed by atoms with E-state index >= 15 is 0 Å². The Labute approximate surface area is 162 Å². The molecular formula is C18H22BrN3O3S. The second kappa shape index (κ2) is 7.54.